The van der Waals surface area contributed by atoms with Crippen LogP contribution in [0, 0.1) is 0 Å². The number of nitrogens with one attached hydrogen (secondary N) is 1. The standard InChI is InChI=1S/C18H23N3/c19-21-18(15-8-4-2-1-3-5-9-15)16-12-6-10-14-11-7-13-20-17(14)16/h6-8,10-13,18,21H,1-5,9,19H2/b15-8+. The van der Waals surface area contributed by atoms with Crippen LogP contribution in [0.2, 0.25) is 0 Å². The van der Waals surface area contributed by atoms with Gasteiger partial charge < -0.3 is 0 Å². The molecule has 1 aromatic heterocycles. The smallest absolute Gasteiger partial charge is 0.0753 e. The van der Waals surface area contributed by atoms with E-state index in [1.807, 2.05) is 12.3 Å². The molecular formula is C18H23N3. The molecular weight excluding hydrogens is 258 g/mol. The second-order valence-electron chi connectivity index (χ2n) is 5.75. The van der Waals surface area contributed by atoms with E-state index in [0.29, 0.717) is 0 Å². The largest absolute Gasteiger partial charge is 0.271 e. The minimum Gasteiger partial charge on any atom is -0.271 e. The summed E-state index contributed by atoms with van der Waals surface area (Å²) in [4.78, 5) is 4.56. The van der Waals surface area contributed by atoms with E-state index in [4.69, 9.17) is 5.84 Å². The number of fused-ring (bicyclic) bond motifs is 1. The number of hydrogen-bond donors (Lipinski definition) is 2. The maximum Gasteiger partial charge on any atom is 0.0753 e. The van der Waals surface area contributed by atoms with Gasteiger partial charge in [0.2, 0.25) is 0 Å². The van der Waals surface area contributed by atoms with Crippen LogP contribution in [0.1, 0.15) is 50.1 Å². The first-order valence-corrected chi connectivity index (χ1v) is 7.89. The molecule has 0 fully saturated rings. The molecule has 1 aliphatic rings. The fourth-order valence-corrected chi connectivity index (χ4v) is 3.24. The zero-order chi connectivity index (χ0) is 14.5. The number of aromatic nitrogens is 1. The molecule has 3 rings (SSSR count). The van der Waals surface area contributed by atoms with E-state index in [9.17, 15) is 0 Å². The highest BCUT2D eigenvalue weighted by atomic mass is 15.2. The molecule has 0 aliphatic heterocycles. The molecule has 1 aliphatic carbocycles. The normalized spacial score (nSPS) is 20.3. The molecule has 1 heterocycles. The van der Waals surface area contributed by atoms with Gasteiger partial charge in [-0.1, -0.05) is 48.8 Å². The average Bonchev–Trinajstić information content (AvgIpc) is 2.50. The van der Waals surface area contributed by atoms with Crippen LogP contribution in [0.3, 0.4) is 0 Å². The molecule has 1 aromatic carbocycles. The minimum absolute atomic E-state index is 0.0710. The fraction of sp³-hybridized carbons (Fsp3) is 0.389. The summed E-state index contributed by atoms with van der Waals surface area (Å²) in [6.45, 7) is 0. The third kappa shape index (κ3) is 3.14. The Morgan fingerprint density at radius 3 is 2.81 bits per heavy atom. The van der Waals surface area contributed by atoms with Gasteiger partial charge in [-0.2, -0.15) is 0 Å². The van der Waals surface area contributed by atoms with Gasteiger partial charge in [0.05, 0.1) is 11.6 Å². The van der Waals surface area contributed by atoms with Gasteiger partial charge >= 0.3 is 0 Å². The minimum atomic E-state index is 0.0710. The Bertz CT molecular complexity index is 628. The van der Waals surface area contributed by atoms with Crippen LogP contribution >= 0.6 is 0 Å². The van der Waals surface area contributed by atoms with Crippen molar-refractivity contribution >= 4 is 10.9 Å². The van der Waals surface area contributed by atoms with Crippen LogP contribution in [0.15, 0.2) is 48.2 Å². The summed E-state index contributed by atoms with van der Waals surface area (Å²) >= 11 is 0. The van der Waals surface area contributed by atoms with Crippen molar-refractivity contribution in [1.82, 2.24) is 10.4 Å². The Balaban J connectivity index is 2.01. The lowest BCUT2D eigenvalue weighted by Crippen LogP contribution is -2.30. The van der Waals surface area contributed by atoms with Crippen molar-refractivity contribution in [3.8, 4) is 0 Å². The number of pyridine rings is 1. The Labute approximate surface area is 126 Å². The SMILES string of the molecule is NNC(/C1=C/CCCCCC1)c1cccc2cccnc12. The molecule has 0 spiro atoms. The Kier molecular flexibility index (Phi) is 4.63. The Hall–Kier alpha value is -1.71. The molecule has 0 amide bonds. The lowest BCUT2D eigenvalue weighted by molar-refractivity contribution is 0.557. The lowest BCUT2D eigenvalue weighted by Gasteiger charge is -2.23. The van der Waals surface area contributed by atoms with Gasteiger partial charge in [-0.05, 0) is 31.7 Å². The predicted octanol–water partition coefficient (Wildman–Crippen LogP) is 4.02. The Morgan fingerprint density at radius 1 is 1.05 bits per heavy atom. The molecule has 0 saturated carbocycles. The number of nitrogens with zero attached hydrogens (tertiary/aromatic N) is 1. The number of hydrazine groups is 1. The molecule has 0 saturated heterocycles. The summed E-state index contributed by atoms with van der Waals surface area (Å²) < 4.78 is 0. The summed E-state index contributed by atoms with van der Waals surface area (Å²) in [6.07, 6.45) is 11.7. The van der Waals surface area contributed by atoms with Crippen molar-refractivity contribution in [3.63, 3.8) is 0 Å². The van der Waals surface area contributed by atoms with Gasteiger partial charge in [-0.15, -0.1) is 0 Å². The number of rotatable bonds is 3. The second kappa shape index (κ2) is 6.83. The van der Waals surface area contributed by atoms with E-state index in [2.05, 4.69) is 40.8 Å². The quantitative estimate of drug-likeness (QED) is 0.507. The number of para-hydroxylation sites is 1. The number of benzene rings is 1. The molecule has 3 heteroatoms. The zero-order valence-electron chi connectivity index (χ0n) is 12.4. The topological polar surface area (TPSA) is 50.9 Å². The van der Waals surface area contributed by atoms with E-state index >= 15 is 0 Å². The fourth-order valence-electron chi connectivity index (χ4n) is 3.24. The van der Waals surface area contributed by atoms with E-state index in [0.717, 1.165) is 18.4 Å². The Morgan fingerprint density at radius 2 is 1.90 bits per heavy atom. The maximum atomic E-state index is 5.90. The third-order valence-electron chi connectivity index (χ3n) is 4.34. The van der Waals surface area contributed by atoms with Crippen molar-refractivity contribution in [1.29, 1.82) is 0 Å². The van der Waals surface area contributed by atoms with Gasteiger partial charge in [0.15, 0.2) is 0 Å². The van der Waals surface area contributed by atoms with Gasteiger partial charge in [0.25, 0.3) is 0 Å². The molecule has 1 unspecified atom stereocenters. The first-order valence-electron chi connectivity index (χ1n) is 7.89. The molecule has 0 bridgehead atoms. The van der Waals surface area contributed by atoms with Gasteiger partial charge in [0.1, 0.15) is 0 Å². The summed E-state index contributed by atoms with van der Waals surface area (Å²) in [5.41, 5.74) is 6.66. The van der Waals surface area contributed by atoms with E-state index in [1.165, 1.54) is 42.2 Å². The number of allylic oxidation sites excluding steroid dienone is 1. The molecule has 3 nitrogen and oxygen atoms in total. The molecule has 0 radical (unpaired) electrons. The molecule has 110 valence electrons. The zero-order valence-corrected chi connectivity index (χ0v) is 12.4. The van der Waals surface area contributed by atoms with E-state index < -0.39 is 0 Å². The molecule has 3 N–H and O–H groups in total. The van der Waals surface area contributed by atoms with E-state index in [-0.39, 0.29) is 6.04 Å². The van der Waals surface area contributed by atoms with E-state index in [1.54, 1.807) is 0 Å². The average molecular weight is 281 g/mol. The first kappa shape index (κ1) is 14.2. The van der Waals surface area contributed by atoms with Crippen molar-refractivity contribution < 1.29 is 0 Å². The highest BCUT2D eigenvalue weighted by molar-refractivity contribution is 5.82. The molecule has 1 atom stereocenters. The van der Waals surface area contributed by atoms with Gasteiger partial charge in [-0.3, -0.25) is 10.8 Å². The number of nitrogens with two attached hydrogens (primary N) is 1. The van der Waals surface area contributed by atoms with Crippen LogP contribution < -0.4 is 11.3 Å². The lowest BCUT2D eigenvalue weighted by atomic mass is 9.90. The van der Waals surface area contributed by atoms with Crippen molar-refractivity contribution in [2.45, 2.75) is 44.6 Å². The van der Waals surface area contributed by atoms with Gasteiger partial charge in [-0.25, -0.2) is 5.43 Å². The van der Waals surface area contributed by atoms with Gasteiger partial charge in [0, 0.05) is 17.1 Å². The van der Waals surface area contributed by atoms with Crippen LogP contribution in [0.25, 0.3) is 10.9 Å². The summed E-state index contributed by atoms with van der Waals surface area (Å²) in [6, 6.07) is 10.5. The third-order valence-corrected chi connectivity index (χ3v) is 4.34. The van der Waals surface area contributed by atoms with Crippen molar-refractivity contribution in [3.05, 3.63) is 53.7 Å². The number of hydrogen-bond acceptors (Lipinski definition) is 3. The highest BCUT2D eigenvalue weighted by Crippen LogP contribution is 2.31. The predicted molar refractivity (Wildman–Crippen MR) is 87.6 cm³/mol. The first-order chi connectivity index (χ1) is 10.4. The molecule has 2 aromatic rings. The molecule has 21 heavy (non-hydrogen) atoms. The summed E-state index contributed by atoms with van der Waals surface area (Å²) in [7, 11) is 0. The van der Waals surface area contributed by atoms with Crippen LogP contribution in [-0.2, 0) is 0 Å². The van der Waals surface area contributed by atoms with Crippen LogP contribution in [0.5, 0.6) is 0 Å². The van der Waals surface area contributed by atoms with Crippen LogP contribution in [-0.4, -0.2) is 4.98 Å². The second-order valence-corrected chi connectivity index (χ2v) is 5.75. The summed E-state index contributed by atoms with van der Waals surface area (Å²) in [5.74, 6) is 5.90. The summed E-state index contributed by atoms with van der Waals surface area (Å²) in [5, 5.41) is 1.17. The highest BCUT2D eigenvalue weighted by Gasteiger charge is 2.18. The van der Waals surface area contributed by atoms with Crippen molar-refractivity contribution in [2.75, 3.05) is 0 Å². The van der Waals surface area contributed by atoms with Crippen LogP contribution in [0.4, 0.5) is 0 Å². The van der Waals surface area contributed by atoms with Crippen molar-refractivity contribution in [2.24, 2.45) is 5.84 Å². The maximum absolute atomic E-state index is 5.90. The monoisotopic (exact) mass is 281 g/mol.